The topological polar surface area (TPSA) is 38.7 Å². The SMILES string of the molecule is CCc1ccc(C2=NSC(C3CC3)C2COc2ccc(CCC(C)=O)c(C)c2C)cc1. The van der Waals surface area contributed by atoms with Crippen molar-refractivity contribution in [2.24, 2.45) is 16.2 Å². The third-order valence-electron chi connectivity index (χ3n) is 6.78. The van der Waals surface area contributed by atoms with Gasteiger partial charge in [-0.2, -0.15) is 0 Å². The highest BCUT2D eigenvalue weighted by Crippen LogP contribution is 2.47. The molecule has 2 aromatic rings. The highest BCUT2D eigenvalue weighted by atomic mass is 32.2. The Bertz CT molecular complexity index is 975. The summed E-state index contributed by atoms with van der Waals surface area (Å²) in [6.45, 7) is 8.77. The van der Waals surface area contributed by atoms with Crippen LogP contribution in [-0.2, 0) is 17.6 Å². The number of nitrogens with zero attached hydrogens (tertiary/aromatic N) is 1. The van der Waals surface area contributed by atoms with E-state index in [4.69, 9.17) is 9.13 Å². The lowest BCUT2D eigenvalue weighted by atomic mass is 9.91. The molecule has 4 rings (SSSR count). The van der Waals surface area contributed by atoms with E-state index < -0.39 is 0 Å². The average molecular weight is 436 g/mol. The predicted molar refractivity (Wildman–Crippen MR) is 130 cm³/mol. The van der Waals surface area contributed by atoms with Crippen LogP contribution < -0.4 is 4.74 Å². The Hall–Kier alpha value is -2.07. The van der Waals surface area contributed by atoms with Crippen molar-refractivity contribution in [2.45, 2.75) is 65.0 Å². The summed E-state index contributed by atoms with van der Waals surface area (Å²) in [5.74, 6) is 2.28. The minimum atomic E-state index is 0.237. The second kappa shape index (κ2) is 9.60. The zero-order valence-corrected chi connectivity index (χ0v) is 19.9. The van der Waals surface area contributed by atoms with E-state index in [0.29, 0.717) is 24.2 Å². The standard InChI is InChI=1S/C27H33NO2S/c1-5-20-7-10-22(11-8-20)26-24(27(31-28-26)23-12-13-23)16-30-25-15-14-21(9-6-17(2)29)18(3)19(25)4/h7-8,10-11,14-15,23-24,27H,5-6,9,12-13,16H2,1-4H3. The van der Waals surface area contributed by atoms with Gasteiger partial charge in [0.25, 0.3) is 0 Å². The highest BCUT2D eigenvalue weighted by Gasteiger charge is 2.43. The van der Waals surface area contributed by atoms with Crippen LogP contribution in [0, 0.1) is 25.7 Å². The molecule has 2 aromatic carbocycles. The van der Waals surface area contributed by atoms with E-state index in [9.17, 15) is 4.79 Å². The second-order valence-corrected chi connectivity index (χ2v) is 9.96. The fourth-order valence-electron chi connectivity index (χ4n) is 4.37. The summed E-state index contributed by atoms with van der Waals surface area (Å²) in [7, 11) is 0. The molecule has 4 heteroatoms. The zero-order valence-electron chi connectivity index (χ0n) is 19.1. The molecule has 3 nitrogen and oxygen atoms in total. The van der Waals surface area contributed by atoms with Gasteiger partial charge in [0.05, 0.1) is 18.2 Å². The molecule has 0 saturated heterocycles. The quantitative estimate of drug-likeness (QED) is 0.433. The second-order valence-electron chi connectivity index (χ2n) is 9.03. The van der Waals surface area contributed by atoms with Crippen LogP contribution in [0.5, 0.6) is 5.75 Å². The maximum Gasteiger partial charge on any atom is 0.130 e. The lowest BCUT2D eigenvalue weighted by Gasteiger charge is -2.22. The van der Waals surface area contributed by atoms with E-state index in [2.05, 4.69) is 57.2 Å². The molecular weight excluding hydrogens is 402 g/mol. The summed E-state index contributed by atoms with van der Waals surface area (Å²) in [4.78, 5) is 11.4. The molecule has 164 valence electrons. The maximum atomic E-state index is 11.4. The Morgan fingerprint density at radius 2 is 1.84 bits per heavy atom. The summed E-state index contributed by atoms with van der Waals surface area (Å²) in [6.07, 6.45) is 5.08. The molecule has 1 aliphatic carbocycles. The van der Waals surface area contributed by atoms with E-state index in [-0.39, 0.29) is 5.78 Å². The van der Waals surface area contributed by atoms with Gasteiger partial charge in [0.15, 0.2) is 0 Å². The molecule has 1 saturated carbocycles. The van der Waals surface area contributed by atoms with Crippen molar-refractivity contribution in [2.75, 3.05) is 6.61 Å². The largest absolute Gasteiger partial charge is 0.493 e. The predicted octanol–water partition coefficient (Wildman–Crippen LogP) is 6.31. The van der Waals surface area contributed by atoms with Crippen LogP contribution in [0.3, 0.4) is 0 Å². The Morgan fingerprint density at radius 3 is 2.48 bits per heavy atom. The molecule has 0 spiro atoms. The van der Waals surface area contributed by atoms with Gasteiger partial charge in [0.1, 0.15) is 11.5 Å². The third-order valence-corrected chi connectivity index (χ3v) is 8.04. The number of aryl methyl sites for hydroxylation is 2. The molecule has 0 bridgehead atoms. The van der Waals surface area contributed by atoms with Crippen molar-refractivity contribution in [1.82, 2.24) is 0 Å². The number of carbonyl (C=O) groups excluding carboxylic acids is 1. The number of ketones is 1. The van der Waals surface area contributed by atoms with Gasteiger partial charge >= 0.3 is 0 Å². The fraction of sp³-hybridized carbons (Fsp3) is 0.481. The lowest BCUT2D eigenvalue weighted by molar-refractivity contribution is -0.116. The van der Waals surface area contributed by atoms with E-state index in [1.165, 1.54) is 46.4 Å². The number of carbonyl (C=O) groups is 1. The first-order valence-corrected chi connectivity index (χ1v) is 12.4. The van der Waals surface area contributed by atoms with E-state index >= 15 is 0 Å². The summed E-state index contributed by atoms with van der Waals surface area (Å²) in [6, 6.07) is 13.1. The Kier molecular flexibility index (Phi) is 6.86. The number of benzene rings is 2. The fourth-order valence-corrected chi connectivity index (χ4v) is 5.65. The highest BCUT2D eigenvalue weighted by molar-refractivity contribution is 7.99. The van der Waals surface area contributed by atoms with Crippen molar-refractivity contribution in [3.05, 3.63) is 64.2 Å². The molecule has 0 aromatic heterocycles. The van der Waals surface area contributed by atoms with Crippen molar-refractivity contribution in [1.29, 1.82) is 0 Å². The summed E-state index contributed by atoms with van der Waals surface area (Å²) < 4.78 is 11.3. The molecule has 2 aliphatic rings. The number of Topliss-reactive ketones (excluding diaryl/α,β-unsaturated/α-hetero) is 1. The van der Waals surface area contributed by atoms with Crippen LogP contribution in [0.1, 0.15) is 60.9 Å². The monoisotopic (exact) mass is 435 g/mol. The van der Waals surface area contributed by atoms with Gasteiger partial charge in [-0.15, -0.1) is 0 Å². The molecule has 2 unspecified atom stereocenters. The van der Waals surface area contributed by atoms with E-state index in [1.807, 2.05) is 0 Å². The van der Waals surface area contributed by atoms with Crippen LogP contribution in [0.25, 0.3) is 0 Å². The number of rotatable bonds is 9. The first-order chi connectivity index (χ1) is 15.0. The minimum absolute atomic E-state index is 0.237. The Morgan fingerprint density at radius 1 is 1.10 bits per heavy atom. The van der Waals surface area contributed by atoms with Crippen LogP contribution in [0.4, 0.5) is 0 Å². The minimum Gasteiger partial charge on any atom is -0.493 e. The van der Waals surface area contributed by atoms with Crippen LogP contribution in [0.2, 0.25) is 0 Å². The number of hydrogen-bond donors (Lipinski definition) is 0. The third kappa shape index (κ3) is 5.06. The Balaban J connectivity index is 1.50. The lowest BCUT2D eigenvalue weighted by Crippen LogP contribution is -2.29. The molecule has 0 radical (unpaired) electrons. The van der Waals surface area contributed by atoms with Crippen molar-refractivity contribution >= 4 is 23.4 Å². The van der Waals surface area contributed by atoms with Crippen LogP contribution >= 0.6 is 11.9 Å². The molecule has 31 heavy (non-hydrogen) atoms. The molecule has 0 N–H and O–H groups in total. The van der Waals surface area contributed by atoms with Gasteiger partial charge in [0.2, 0.25) is 0 Å². The average Bonchev–Trinajstić information content (AvgIpc) is 3.53. The van der Waals surface area contributed by atoms with Gasteiger partial charge in [-0.25, -0.2) is 4.40 Å². The normalized spacial score (nSPS) is 20.6. The first kappa shape index (κ1) is 22.1. The molecule has 1 fully saturated rings. The van der Waals surface area contributed by atoms with Gasteiger partial charge in [-0.1, -0.05) is 37.3 Å². The van der Waals surface area contributed by atoms with Gasteiger partial charge < -0.3 is 9.53 Å². The van der Waals surface area contributed by atoms with Crippen LogP contribution in [0.15, 0.2) is 40.8 Å². The molecule has 1 heterocycles. The summed E-state index contributed by atoms with van der Waals surface area (Å²) >= 11 is 1.76. The molecule has 2 atom stereocenters. The van der Waals surface area contributed by atoms with Crippen molar-refractivity contribution in [3.8, 4) is 5.75 Å². The van der Waals surface area contributed by atoms with Crippen molar-refractivity contribution in [3.63, 3.8) is 0 Å². The summed E-state index contributed by atoms with van der Waals surface area (Å²) in [5.41, 5.74) is 7.44. The smallest absolute Gasteiger partial charge is 0.130 e. The van der Waals surface area contributed by atoms with Gasteiger partial charge in [0, 0.05) is 11.7 Å². The number of hydrogen-bond acceptors (Lipinski definition) is 4. The number of ether oxygens (including phenoxy) is 1. The maximum absolute atomic E-state index is 11.4. The van der Waals surface area contributed by atoms with Crippen molar-refractivity contribution < 1.29 is 9.53 Å². The van der Waals surface area contributed by atoms with E-state index in [0.717, 1.165) is 24.5 Å². The van der Waals surface area contributed by atoms with E-state index in [1.54, 1.807) is 18.9 Å². The zero-order chi connectivity index (χ0) is 22.0. The molecule has 1 aliphatic heterocycles. The summed E-state index contributed by atoms with van der Waals surface area (Å²) in [5, 5.41) is 0.525. The van der Waals surface area contributed by atoms with Gasteiger partial charge in [-0.3, -0.25) is 0 Å². The Labute approximate surface area is 190 Å². The van der Waals surface area contributed by atoms with Gasteiger partial charge in [-0.05, 0) is 98.2 Å². The molecule has 0 amide bonds. The van der Waals surface area contributed by atoms with Crippen LogP contribution in [-0.4, -0.2) is 23.4 Å². The molecular formula is C27H33NO2S. The first-order valence-electron chi connectivity index (χ1n) is 11.5.